The maximum absolute atomic E-state index is 12.3. The highest BCUT2D eigenvalue weighted by atomic mass is 127. The van der Waals surface area contributed by atoms with Crippen LogP contribution in [0.2, 0.25) is 0 Å². The first-order valence-corrected chi connectivity index (χ1v) is 10.7. The molecule has 1 heterocycles. The number of carbonyl (C=O) groups excluding carboxylic acids is 2. The highest BCUT2D eigenvalue weighted by molar-refractivity contribution is 14.0. The normalized spacial score (nSPS) is 14.8. The second kappa shape index (κ2) is 14.2. The SMILES string of the molecule is CCNC(=NCc1cccc(C(=O)NC(C)CC)c1)NCCCN1CCCC1=O.I. The fourth-order valence-corrected chi connectivity index (χ4v) is 3.15. The molecule has 1 aliphatic heterocycles. The first-order chi connectivity index (χ1) is 14.0. The van der Waals surface area contributed by atoms with Crippen LogP contribution in [0.15, 0.2) is 29.3 Å². The van der Waals surface area contributed by atoms with Crippen molar-refractivity contribution < 1.29 is 9.59 Å². The number of halogens is 1. The van der Waals surface area contributed by atoms with E-state index in [1.54, 1.807) is 0 Å². The molecule has 7 nitrogen and oxygen atoms in total. The molecule has 168 valence electrons. The number of aliphatic imine (C=N–C) groups is 1. The second-order valence-corrected chi connectivity index (χ2v) is 7.44. The number of hydrogen-bond donors (Lipinski definition) is 3. The highest BCUT2D eigenvalue weighted by Crippen LogP contribution is 2.09. The smallest absolute Gasteiger partial charge is 0.251 e. The lowest BCUT2D eigenvalue weighted by molar-refractivity contribution is -0.127. The summed E-state index contributed by atoms with van der Waals surface area (Å²) in [7, 11) is 0. The van der Waals surface area contributed by atoms with Gasteiger partial charge in [0.2, 0.25) is 5.91 Å². The van der Waals surface area contributed by atoms with Gasteiger partial charge in [0, 0.05) is 44.2 Å². The molecule has 1 aromatic carbocycles. The largest absolute Gasteiger partial charge is 0.357 e. The number of nitrogens with zero attached hydrogens (tertiary/aromatic N) is 2. The monoisotopic (exact) mass is 529 g/mol. The molecule has 2 rings (SSSR count). The Labute approximate surface area is 197 Å². The van der Waals surface area contributed by atoms with Gasteiger partial charge in [-0.15, -0.1) is 24.0 Å². The first-order valence-electron chi connectivity index (χ1n) is 10.7. The third-order valence-electron chi connectivity index (χ3n) is 5.01. The van der Waals surface area contributed by atoms with Gasteiger partial charge in [0.15, 0.2) is 5.96 Å². The number of guanidine groups is 1. The molecule has 2 amide bonds. The van der Waals surface area contributed by atoms with Crippen LogP contribution in [-0.2, 0) is 11.3 Å². The third-order valence-corrected chi connectivity index (χ3v) is 5.01. The summed E-state index contributed by atoms with van der Waals surface area (Å²) in [6, 6.07) is 7.75. The summed E-state index contributed by atoms with van der Waals surface area (Å²) in [5, 5.41) is 9.55. The molecule has 1 unspecified atom stereocenters. The molecule has 8 heteroatoms. The van der Waals surface area contributed by atoms with Crippen LogP contribution in [0.25, 0.3) is 0 Å². The summed E-state index contributed by atoms with van der Waals surface area (Å²) in [5.74, 6) is 0.962. The van der Waals surface area contributed by atoms with E-state index in [-0.39, 0.29) is 41.8 Å². The van der Waals surface area contributed by atoms with Crippen LogP contribution in [0.5, 0.6) is 0 Å². The van der Waals surface area contributed by atoms with E-state index in [0.717, 1.165) is 57.0 Å². The van der Waals surface area contributed by atoms with E-state index in [4.69, 9.17) is 0 Å². The number of rotatable bonds is 10. The third kappa shape index (κ3) is 8.89. The van der Waals surface area contributed by atoms with Crippen LogP contribution in [0, 0.1) is 0 Å². The molecule has 1 aliphatic rings. The maximum Gasteiger partial charge on any atom is 0.251 e. The topological polar surface area (TPSA) is 85.8 Å². The zero-order valence-corrected chi connectivity index (χ0v) is 20.7. The van der Waals surface area contributed by atoms with Gasteiger partial charge >= 0.3 is 0 Å². The molecule has 0 bridgehead atoms. The second-order valence-electron chi connectivity index (χ2n) is 7.44. The molecule has 3 N–H and O–H groups in total. The van der Waals surface area contributed by atoms with Gasteiger partial charge in [0.1, 0.15) is 0 Å². The maximum atomic E-state index is 12.3. The number of benzene rings is 1. The molecular weight excluding hydrogens is 493 g/mol. The first kappa shape index (κ1) is 26.2. The number of carbonyl (C=O) groups is 2. The summed E-state index contributed by atoms with van der Waals surface area (Å²) in [4.78, 5) is 30.5. The minimum absolute atomic E-state index is 0. The van der Waals surface area contributed by atoms with Crippen molar-refractivity contribution >= 4 is 41.8 Å². The zero-order valence-electron chi connectivity index (χ0n) is 18.4. The Kier molecular flexibility index (Phi) is 12.4. The fourth-order valence-electron chi connectivity index (χ4n) is 3.15. The molecule has 1 fully saturated rings. The molecule has 1 aromatic rings. The minimum Gasteiger partial charge on any atom is -0.357 e. The van der Waals surface area contributed by atoms with Crippen molar-refractivity contribution in [3.8, 4) is 0 Å². The average Bonchev–Trinajstić information content (AvgIpc) is 3.14. The number of nitrogens with one attached hydrogen (secondary N) is 3. The fraction of sp³-hybridized carbons (Fsp3) is 0.591. The van der Waals surface area contributed by atoms with Crippen LogP contribution >= 0.6 is 24.0 Å². The molecule has 0 aromatic heterocycles. The summed E-state index contributed by atoms with van der Waals surface area (Å²) in [6.07, 6.45) is 3.46. The van der Waals surface area contributed by atoms with Crippen LogP contribution in [0.1, 0.15) is 62.4 Å². The summed E-state index contributed by atoms with van der Waals surface area (Å²) in [5.41, 5.74) is 1.65. The lowest BCUT2D eigenvalue weighted by atomic mass is 10.1. The van der Waals surface area contributed by atoms with E-state index in [1.807, 2.05) is 49.9 Å². The Morgan fingerprint density at radius 2 is 2.07 bits per heavy atom. The number of hydrogen-bond acceptors (Lipinski definition) is 3. The Balaban J connectivity index is 0.00000450. The van der Waals surface area contributed by atoms with Gasteiger partial charge in [-0.3, -0.25) is 9.59 Å². The van der Waals surface area contributed by atoms with Crippen molar-refractivity contribution in [3.05, 3.63) is 35.4 Å². The van der Waals surface area contributed by atoms with E-state index in [0.29, 0.717) is 18.5 Å². The average molecular weight is 529 g/mol. The van der Waals surface area contributed by atoms with Crippen molar-refractivity contribution in [2.24, 2.45) is 4.99 Å². The molecule has 0 saturated carbocycles. The molecule has 0 radical (unpaired) electrons. The lowest BCUT2D eigenvalue weighted by Gasteiger charge is -2.16. The van der Waals surface area contributed by atoms with Gasteiger partial charge in [-0.05, 0) is 50.8 Å². The van der Waals surface area contributed by atoms with Crippen molar-refractivity contribution in [2.45, 2.75) is 59.0 Å². The van der Waals surface area contributed by atoms with Gasteiger partial charge in [0.25, 0.3) is 5.91 Å². The highest BCUT2D eigenvalue weighted by Gasteiger charge is 2.18. The summed E-state index contributed by atoms with van der Waals surface area (Å²) in [6.45, 7) is 9.77. The molecule has 1 saturated heterocycles. The van der Waals surface area contributed by atoms with Crippen molar-refractivity contribution in [1.29, 1.82) is 0 Å². The number of amides is 2. The van der Waals surface area contributed by atoms with Crippen LogP contribution in [-0.4, -0.2) is 54.9 Å². The van der Waals surface area contributed by atoms with Crippen molar-refractivity contribution in [3.63, 3.8) is 0 Å². The van der Waals surface area contributed by atoms with Crippen molar-refractivity contribution in [2.75, 3.05) is 26.2 Å². The van der Waals surface area contributed by atoms with Gasteiger partial charge in [-0.25, -0.2) is 4.99 Å². The Hall–Kier alpha value is -1.84. The molecule has 0 spiro atoms. The molecule has 0 aliphatic carbocycles. The van der Waals surface area contributed by atoms with E-state index in [9.17, 15) is 9.59 Å². The van der Waals surface area contributed by atoms with Crippen LogP contribution < -0.4 is 16.0 Å². The van der Waals surface area contributed by atoms with Gasteiger partial charge in [-0.1, -0.05) is 19.1 Å². The van der Waals surface area contributed by atoms with Gasteiger partial charge in [0.05, 0.1) is 6.54 Å². The van der Waals surface area contributed by atoms with Crippen LogP contribution in [0.4, 0.5) is 0 Å². The standard InChI is InChI=1S/C22H35N5O2.HI/c1-4-17(3)26-21(29)19-10-6-9-18(15-19)16-25-22(23-5-2)24-12-8-14-27-13-7-11-20(27)28;/h6,9-10,15,17H,4-5,7-8,11-14,16H2,1-3H3,(H,26,29)(H2,23,24,25);1H. The molecular formula is C22H36IN5O2. The van der Waals surface area contributed by atoms with Gasteiger partial charge in [-0.2, -0.15) is 0 Å². The predicted octanol–water partition coefficient (Wildman–Crippen LogP) is 2.90. The minimum atomic E-state index is -0.0494. The van der Waals surface area contributed by atoms with E-state index >= 15 is 0 Å². The predicted molar refractivity (Wildman–Crippen MR) is 132 cm³/mol. The summed E-state index contributed by atoms with van der Waals surface area (Å²) < 4.78 is 0. The summed E-state index contributed by atoms with van der Waals surface area (Å²) >= 11 is 0. The Morgan fingerprint density at radius 3 is 2.73 bits per heavy atom. The van der Waals surface area contributed by atoms with E-state index in [2.05, 4.69) is 20.9 Å². The van der Waals surface area contributed by atoms with E-state index < -0.39 is 0 Å². The zero-order chi connectivity index (χ0) is 21.1. The quantitative estimate of drug-likeness (QED) is 0.188. The van der Waals surface area contributed by atoms with E-state index in [1.165, 1.54) is 0 Å². The van der Waals surface area contributed by atoms with Crippen molar-refractivity contribution in [1.82, 2.24) is 20.9 Å². The molecule has 1 atom stereocenters. The van der Waals surface area contributed by atoms with Gasteiger partial charge < -0.3 is 20.9 Å². The Bertz CT molecular complexity index is 711. The van der Waals surface area contributed by atoms with Crippen LogP contribution in [0.3, 0.4) is 0 Å². The number of likely N-dealkylation sites (tertiary alicyclic amines) is 1. The Morgan fingerprint density at radius 1 is 1.27 bits per heavy atom. The molecule has 30 heavy (non-hydrogen) atoms. The lowest BCUT2D eigenvalue weighted by Crippen LogP contribution is -2.39.